The Morgan fingerprint density at radius 3 is 2.55 bits per heavy atom. The lowest BCUT2D eigenvalue weighted by Gasteiger charge is -2.08. The summed E-state index contributed by atoms with van der Waals surface area (Å²) in [5, 5.41) is 0. The SMILES string of the molecule is CCCCCCC(N)COC. The molecule has 0 fully saturated rings. The highest BCUT2D eigenvalue weighted by molar-refractivity contribution is 4.59. The molecule has 0 aliphatic rings. The van der Waals surface area contributed by atoms with Crippen molar-refractivity contribution in [3.05, 3.63) is 0 Å². The predicted octanol–water partition coefficient (Wildman–Crippen LogP) is 1.93. The van der Waals surface area contributed by atoms with E-state index >= 15 is 0 Å². The van der Waals surface area contributed by atoms with Crippen molar-refractivity contribution in [3.63, 3.8) is 0 Å². The van der Waals surface area contributed by atoms with Gasteiger partial charge in [0, 0.05) is 13.2 Å². The van der Waals surface area contributed by atoms with E-state index in [4.69, 9.17) is 10.5 Å². The number of hydrogen-bond acceptors (Lipinski definition) is 2. The molecule has 0 heterocycles. The van der Waals surface area contributed by atoms with E-state index in [9.17, 15) is 0 Å². The minimum absolute atomic E-state index is 0.247. The topological polar surface area (TPSA) is 35.2 Å². The zero-order valence-corrected chi connectivity index (χ0v) is 7.81. The van der Waals surface area contributed by atoms with E-state index in [-0.39, 0.29) is 6.04 Å². The van der Waals surface area contributed by atoms with E-state index in [0.717, 1.165) is 6.42 Å². The zero-order valence-electron chi connectivity index (χ0n) is 7.81. The molecule has 11 heavy (non-hydrogen) atoms. The van der Waals surface area contributed by atoms with Gasteiger partial charge in [-0.2, -0.15) is 0 Å². The minimum Gasteiger partial charge on any atom is -0.383 e. The molecule has 0 radical (unpaired) electrons. The first kappa shape index (κ1) is 10.9. The maximum atomic E-state index is 5.74. The standard InChI is InChI=1S/C9H21NO/c1-3-4-5-6-7-9(10)8-11-2/h9H,3-8,10H2,1-2H3. The van der Waals surface area contributed by atoms with E-state index in [1.165, 1.54) is 25.7 Å². The van der Waals surface area contributed by atoms with Crippen LogP contribution in [-0.4, -0.2) is 19.8 Å². The second kappa shape index (κ2) is 8.02. The Morgan fingerprint density at radius 2 is 2.00 bits per heavy atom. The molecule has 0 amide bonds. The third kappa shape index (κ3) is 7.82. The van der Waals surface area contributed by atoms with Gasteiger partial charge in [0.05, 0.1) is 6.61 Å². The molecule has 0 saturated heterocycles. The van der Waals surface area contributed by atoms with E-state index in [1.54, 1.807) is 7.11 Å². The summed E-state index contributed by atoms with van der Waals surface area (Å²) in [7, 11) is 1.70. The van der Waals surface area contributed by atoms with Crippen LogP contribution in [0.2, 0.25) is 0 Å². The third-order valence-corrected chi connectivity index (χ3v) is 1.81. The lowest BCUT2D eigenvalue weighted by Crippen LogP contribution is -2.25. The van der Waals surface area contributed by atoms with E-state index < -0.39 is 0 Å². The first-order chi connectivity index (χ1) is 5.31. The van der Waals surface area contributed by atoms with Crippen LogP contribution in [0.15, 0.2) is 0 Å². The van der Waals surface area contributed by atoms with Crippen molar-refractivity contribution in [2.45, 2.75) is 45.1 Å². The molecular weight excluding hydrogens is 138 g/mol. The molecule has 0 saturated carbocycles. The summed E-state index contributed by atoms with van der Waals surface area (Å²) in [6.07, 6.45) is 6.29. The summed E-state index contributed by atoms with van der Waals surface area (Å²) in [5.41, 5.74) is 5.74. The summed E-state index contributed by atoms with van der Waals surface area (Å²) in [4.78, 5) is 0. The molecule has 2 heteroatoms. The Bertz CT molecular complexity index is 76.0. The van der Waals surface area contributed by atoms with Crippen LogP contribution in [0.4, 0.5) is 0 Å². The van der Waals surface area contributed by atoms with Crippen LogP contribution in [0.1, 0.15) is 39.0 Å². The number of unbranched alkanes of at least 4 members (excludes halogenated alkanes) is 3. The minimum atomic E-state index is 0.247. The lowest BCUT2D eigenvalue weighted by molar-refractivity contribution is 0.176. The summed E-state index contributed by atoms with van der Waals surface area (Å²) in [5.74, 6) is 0. The number of rotatable bonds is 7. The van der Waals surface area contributed by atoms with Crippen molar-refractivity contribution < 1.29 is 4.74 Å². The van der Waals surface area contributed by atoms with Crippen molar-refractivity contribution in [3.8, 4) is 0 Å². The average molecular weight is 159 g/mol. The highest BCUT2D eigenvalue weighted by atomic mass is 16.5. The first-order valence-electron chi connectivity index (χ1n) is 4.55. The molecule has 0 spiro atoms. The van der Waals surface area contributed by atoms with Gasteiger partial charge in [-0.05, 0) is 6.42 Å². The van der Waals surface area contributed by atoms with Crippen molar-refractivity contribution in [1.29, 1.82) is 0 Å². The molecule has 0 aliphatic heterocycles. The molecule has 2 N–H and O–H groups in total. The predicted molar refractivity (Wildman–Crippen MR) is 48.6 cm³/mol. The summed E-state index contributed by atoms with van der Waals surface area (Å²) in [6, 6.07) is 0.247. The largest absolute Gasteiger partial charge is 0.383 e. The number of ether oxygens (including phenoxy) is 1. The average Bonchev–Trinajstić information content (AvgIpc) is 1.99. The Kier molecular flexibility index (Phi) is 7.96. The molecule has 0 aliphatic carbocycles. The van der Waals surface area contributed by atoms with Crippen LogP contribution in [0, 0.1) is 0 Å². The number of nitrogens with two attached hydrogens (primary N) is 1. The van der Waals surface area contributed by atoms with Crippen LogP contribution < -0.4 is 5.73 Å². The molecule has 1 atom stereocenters. The van der Waals surface area contributed by atoms with Gasteiger partial charge in [-0.3, -0.25) is 0 Å². The van der Waals surface area contributed by atoms with Gasteiger partial charge in [-0.15, -0.1) is 0 Å². The molecule has 0 rings (SSSR count). The molecule has 1 unspecified atom stereocenters. The summed E-state index contributed by atoms with van der Waals surface area (Å²) in [6.45, 7) is 2.92. The molecular formula is C9H21NO. The van der Waals surface area contributed by atoms with Crippen molar-refractivity contribution in [1.82, 2.24) is 0 Å². The Hall–Kier alpha value is -0.0800. The maximum Gasteiger partial charge on any atom is 0.0613 e. The number of hydrogen-bond donors (Lipinski definition) is 1. The zero-order chi connectivity index (χ0) is 8.53. The van der Waals surface area contributed by atoms with Gasteiger partial charge in [0.1, 0.15) is 0 Å². The molecule has 0 aromatic heterocycles. The van der Waals surface area contributed by atoms with Crippen LogP contribution in [-0.2, 0) is 4.74 Å². The highest BCUT2D eigenvalue weighted by Gasteiger charge is 1.99. The highest BCUT2D eigenvalue weighted by Crippen LogP contribution is 2.04. The van der Waals surface area contributed by atoms with Crippen molar-refractivity contribution in [2.75, 3.05) is 13.7 Å². The van der Waals surface area contributed by atoms with Crippen LogP contribution >= 0.6 is 0 Å². The Balaban J connectivity index is 2.97. The van der Waals surface area contributed by atoms with E-state index in [0.29, 0.717) is 6.61 Å². The quantitative estimate of drug-likeness (QED) is 0.576. The molecule has 0 bridgehead atoms. The molecule has 0 aromatic rings. The van der Waals surface area contributed by atoms with E-state index in [1.807, 2.05) is 0 Å². The lowest BCUT2D eigenvalue weighted by atomic mass is 10.1. The molecule has 68 valence electrons. The van der Waals surface area contributed by atoms with Gasteiger partial charge in [0.25, 0.3) is 0 Å². The Morgan fingerprint density at radius 1 is 1.27 bits per heavy atom. The maximum absolute atomic E-state index is 5.74. The van der Waals surface area contributed by atoms with Gasteiger partial charge in [-0.1, -0.05) is 32.6 Å². The fourth-order valence-electron chi connectivity index (χ4n) is 1.13. The van der Waals surface area contributed by atoms with Crippen LogP contribution in [0.3, 0.4) is 0 Å². The van der Waals surface area contributed by atoms with Gasteiger partial charge < -0.3 is 10.5 Å². The number of methoxy groups -OCH3 is 1. The normalized spacial score (nSPS) is 13.4. The van der Waals surface area contributed by atoms with Crippen LogP contribution in [0.5, 0.6) is 0 Å². The summed E-state index contributed by atoms with van der Waals surface area (Å²) < 4.78 is 4.94. The smallest absolute Gasteiger partial charge is 0.0613 e. The third-order valence-electron chi connectivity index (χ3n) is 1.81. The Labute approximate surface area is 70.1 Å². The first-order valence-corrected chi connectivity index (χ1v) is 4.55. The van der Waals surface area contributed by atoms with Gasteiger partial charge >= 0.3 is 0 Å². The van der Waals surface area contributed by atoms with E-state index in [2.05, 4.69) is 6.92 Å². The van der Waals surface area contributed by atoms with Crippen molar-refractivity contribution >= 4 is 0 Å². The second-order valence-corrected chi connectivity index (χ2v) is 3.06. The summed E-state index contributed by atoms with van der Waals surface area (Å²) >= 11 is 0. The molecule has 0 aromatic carbocycles. The van der Waals surface area contributed by atoms with Gasteiger partial charge in [-0.25, -0.2) is 0 Å². The fraction of sp³-hybridized carbons (Fsp3) is 1.00. The van der Waals surface area contributed by atoms with Gasteiger partial charge in [0.15, 0.2) is 0 Å². The monoisotopic (exact) mass is 159 g/mol. The molecule has 2 nitrogen and oxygen atoms in total. The second-order valence-electron chi connectivity index (χ2n) is 3.06. The fourth-order valence-corrected chi connectivity index (χ4v) is 1.13. The van der Waals surface area contributed by atoms with Crippen LogP contribution in [0.25, 0.3) is 0 Å². The van der Waals surface area contributed by atoms with Gasteiger partial charge in [0.2, 0.25) is 0 Å². The van der Waals surface area contributed by atoms with Crippen molar-refractivity contribution in [2.24, 2.45) is 5.73 Å².